The van der Waals surface area contributed by atoms with Crippen LogP contribution in [0.2, 0.25) is 0 Å². The Morgan fingerprint density at radius 3 is 2.14 bits per heavy atom. The van der Waals surface area contributed by atoms with Crippen molar-refractivity contribution < 1.29 is 0 Å². The Bertz CT molecular complexity index is 748. The van der Waals surface area contributed by atoms with Crippen LogP contribution in [0.5, 0.6) is 0 Å². The Kier molecular flexibility index (Phi) is 4.07. The van der Waals surface area contributed by atoms with Crippen LogP contribution in [-0.4, -0.2) is 29.6 Å². The van der Waals surface area contributed by atoms with Crippen molar-refractivity contribution in [3.8, 4) is 0 Å². The fraction of sp³-hybridized carbons (Fsp3) is 0.111. The molecule has 0 radical (unpaired) electrons. The SMILES string of the molecule is C1=C(c2ccccc2)C2=NCCN2N=C1c1ccccc1.Cl. The van der Waals surface area contributed by atoms with Gasteiger partial charge in [0.25, 0.3) is 0 Å². The van der Waals surface area contributed by atoms with Crippen LogP contribution in [-0.2, 0) is 0 Å². The van der Waals surface area contributed by atoms with E-state index in [4.69, 9.17) is 5.10 Å². The molecule has 0 N–H and O–H groups in total. The van der Waals surface area contributed by atoms with Gasteiger partial charge in [-0.25, -0.2) is 5.01 Å². The summed E-state index contributed by atoms with van der Waals surface area (Å²) in [5, 5.41) is 6.75. The highest BCUT2D eigenvalue weighted by atomic mass is 35.5. The van der Waals surface area contributed by atoms with Gasteiger partial charge in [0, 0.05) is 11.1 Å². The van der Waals surface area contributed by atoms with Crippen molar-refractivity contribution in [3.05, 3.63) is 77.9 Å². The fourth-order valence-corrected chi connectivity index (χ4v) is 2.70. The number of nitrogens with zero attached hydrogens (tertiary/aromatic N) is 3. The van der Waals surface area contributed by atoms with Crippen molar-refractivity contribution in [1.29, 1.82) is 0 Å². The van der Waals surface area contributed by atoms with Crippen LogP contribution in [0.15, 0.2) is 76.8 Å². The van der Waals surface area contributed by atoms with Gasteiger partial charge in [0.2, 0.25) is 0 Å². The Labute approximate surface area is 136 Å². The molecule has 2 heterocycles. The molecule has 110 valence electrons. The van der Waals surface area contributed by atoms with Crippen molar-refractivity contribution in [2.24, 2.45) is 10.1 Å². The van der Waals surface area contributed by atoms with Gasteiger partial charge in [-0.2, -0.15) is 5.10 Å². The lowest BCUT2D eigenvalue weighted by atomic mass is 9.99. The van der Waals surface area contributed by atoms with Crippen LogP contribution in [0.4, 0.5) is 0 Å². The van der Waals surface area contributed by atoms with E-state index in [0.717, 1.165) is 35.8 Å². The molecule has 0 saturated carbocycles. The zero-order valence-electron chi connectivity index (χ0n) is 12.0. The highest BCUT2D eigenvalue weighted by Gasteiger charge is 2.26. The maximum Gasteiger partial charge on any atom is 0.152 e. The summed E-state index contributed by atoms with van der Waals surface area (Å²) >= 11 is 0. The average Bonchev–Trinajstić information content (AvgIpc) is 3.04. The molecule has 3 nitrogen and oxygen atoms in total. The number of hydrogen-bond acceptors (Lipinski definition) is 3. The molecule has 0 unspecified atom stereocenters. The predicted molar refractivity (Wildman–Crippen MR) is 93.7 cm³/mol. The zero-order chi connectivity index (χ0) is 14.1. The lowest BCUT2D eigenvalue weighted by Crippen LogP contribution is -2.28. The standard InChI is InChI=1S/C18H15N3.ClH/c1-3-7-14(8-4-1)16-13-17(15-9-5-2-6-10-15)20-21-12-11-19-18(16)21;/h1-10,13H,11-12H2;1H. The number of halogens is 1. The molecular formula is C18H16ClN3. The monoisotopic (exact) mass is 309 g/mol. The number of aliphatic imine (C=N–C) groups is 1. The summed E-state index contributed by atoms with van der Waals surface area (Å²) in [6.45, 7) is 1.67. The molecule has 0 spiro atoms. The molecule has 0 aromatic heterocycles. The zero-order valence-corrected chi connectivity index (χ0v) is 12.8. The first kappa shape index (κ1) is 14.5. The van der Waals surface area contributed by atoms with Crippen molar-refractivity contribution >= 4 is 29.5 Å². The van der Waals surface area contributed by atoms with Gasteiger partial charge in [0.1, 0.15) is 0 Å². The lowest BCUT2D eigenvalue weighted by molar-refractivity contribution is 0.491. The van der Waals surface area contributed by atoms with Gasteiger partial charge in [0.05, 0.1) is 18.8 Å². The number of fused-ring (bicyclic) bond motifs is 1. The van der Waals surface area contributed by atoms with Crippen molar-refractivity contribution in [2.45, 2.75) is 0 Å². The van der Waals surface area contributed by atoms with Crippen LogP contribution in [0.1, 0.15) is 11.1 Å². The molecule has 0 saturated heterocycles. The van der Waals surface area contributed by atoms with E-state index in [0.29, 0.717) is 0 Å². The molecule has 0 fully saturated rings. The van der Waals surface area contributed by atoms with Crippen LogP contribution < -0.4 is 0 Å². The molecule has 4 heteroatoms. The number of hydrogen-bond donors (Lipinski definition) is 0. The number of hydrazone groups is 1. The van der Waals surface area contributed by atoms with Gasteiger partial charge in [-0.3, -0.25) is 4.99 Å². The number of amidine groups is 1. The van der Waals surface area contributed by atoms with E-state index in [1.165, 1.54) is 5.56 Å². The predicted octanol–water partition coefficient (Wildman–Crippen LogP) is 3.62. The smallest absolute Gasteiger partial charge is 0.152 e. The first-order chi connectivity index (χ1) is 10.4. The van der Waals surface area contributed by atoms with Crippen LogP contribution in [0.25, 0.3) is 5.57 Å². The molecule has 0 atom stereocenters. The molecule has 2 aliphatic rings. The Morgan fingerprint density at radius 1 is 0.818 bits per heavy atom. The topological polar surface area (TPSA) is 28.0 Å². The average molecular weight is 310 g/mol. The van der Waals surface area contributed by atoms with Gasteiger partial charge in [-0.15, -0.1) is 12.4 Å². The minimum Gasteiger partial charge on any atom is -0.265 e. The lowest BCUT2D eigenvalue weighted by Gasteiger charge is -2.23. The van der Waals surface area contributed by atoms with Crippen molar-refractivity contribution in [2.75, 3.05) is 13.1 Å². The molecule has 2 aromatic carbocycles. The van der Waals surface area contributed by atoms with E-state index in [-0.39, 0.29) is 12.4 Å². The summed E-state index contributed by atoms with van der Waals surface area (Å²) in [6.07, 6.45) is 2.14. The van der Waals surface area contributed by atoms with Gasteiger partial charge in [0.15, 0.2) is 5.84 Å². The van der Waals surface area contributed by atoms with Crippen LogP contribution in [0.3, 0.4) is 0 Å². The quantitative estimate of drug-likeness (QED) is 0.832. The minimum absolute atomic E-state index is 0. The molecule has 22 heavy (non-hydrogen) atoms. The van der Waals surface area contributed by atoms with Gasteiger partial charge in [-0.05, 0) is 11.6 Å². The number of allylic oxidation sites excluding steroid dienone is 1. The van der Waals surface area contributed by atoms with Crippen LogP contribution in [0, 0.1) is 0 Å². The number of benzene rings is 2. The largest absolute Gasteiger partial charge is 0.265 e. The normalized spacial score (nSPS) is 16.2. The highest BCUT2D eigenvalue weighted by Crippen LogP contribution is 2.26. The molecule has 0 bridgehead atoms. The minimum atomic E-state index is 0. The third-order valence-electron chi connectivity index (χ3n) is 3.72. The second-order valence-corrected chi connectivity index (χ2v) is 5.10. The van der Waals surface area contributed by atoms with E-state index in [9.17, 15) is 0 Å². The molecule has 0 aliphatic carbocycles. The van der Waals surface area contributed by atoms with Crippen LogP contribution >= 0.6 is 12.4 Å². The Balaban J connectivity index is 0.00000144. The van der Waals surface area contributed by atoms with Gasteiger partial charge >= 0.3 is 0 Å². The third kappa shape index (κ3) is 2.55. The summed E-state index contributed by atoms with van der Waals surface area (Å²) < 4.78 is 0. The summed E-state index contributed by atoms with van der Waals surface area (Å²) in [5.74, 6) is 0.987. The first-order valence-corrected chi connectivity index (χ1v) is 7.15. The summed E-state index contributed by atoms with van der Waals surface area (Å²) in [4.78, 5) is 4.61. The fourth-order valence-electron chi connectivity index (χ4n) is 2.70. The van der Waals surface area contributed by atoms with E-state index in [1.807, 2.05) is 29.3 Å². The maximum atomic E-state index is 4.73. The third-order valence-corrected chi connectivity index (χ3v) is 3.72. The summed E-state index contributed by atoms with van der Waals surface area (Å²) in [7, 11) is 0. The number of rotatable bonds is 2. The van der Waals surface area contributed by atoms with Gasteiger partial charge in [-0.1, -0.05) is 60.7 Å². The maximum absolute atomic E-state index is 4.73. The van der Waals surface area contributed by atoms with E-state index in [2.05, 4.69) is 47.5 Å². The van der Waals surface area contributed by atoms with E-state index >= 15 is 0 Å². The Hall–Kier alpha value is -2.39. The van der Waals surface area contributed by atoms with Crippen molar-refractivity contribution in [3.63, 3.8) is 0 Å². The molecule has 4 rings (SSSR count). The molecular weight excluding hydrogens is 294 g/mol. The second-order valence-electron chi connectivity index (χ2n) is 5.10. The van der Waals surface area contributed by atoms with E-state index < -0.39 is 0 Å². The molecule has 0 amide bonds. The van der Waals surface area contributed by atoms with E-state index in [1.54, 1.807) is 0 Å². The molecule has 2 aromatic rings. The second kappa shape index (κ2) is 6.16. The summed E-state index contributed by atoms with van der Waals surface area (Å²) in [5.41, 5.74) is 4.47. The highest BCUT2D eigenvalue weighted by molar-refractivity contribution is 6.31. The van der Waals surface area contributed by atoms with Gasteiger partial charge < -0.3 is 0 Å². The Morgan fingerprint density at radius 2 is 1.45 bits per heavy atom. The summed E-state index contributed by atoms with van der Waals surface area (Å²) in [6, 6.07) is 20.7. The van der Waals surface area contributed by atoms with Crippen molar-refractivity contribution in [1.82, 2.24) is 5.01 Å². The molecule has 2 aliphatic heterocycles. The first-order valence-electron chi connectivity index (χ1n) is 7.15.